The zero-order valence-electron chi connectivity index (χ0n) is 12.0. The van der Waals surface area contributed by atoms with E-state index in [-0.39, 0.29) is 5.92 Å². The molecule has 0 aliphatic heterocycles. The molecule has 22 heavy (non-hydrogen) atoms. The fraction of sp³-hybridized carbons (Fsp3) is 0.429. The monoisotopic (exact) mass is 367 g/mol. The van der Waals surface area contributed by atoms with Crippen LogP contribution < -0.4 is 5.48 Å². The number of amides is 1. The highest BCUT2D eigenvalue weighted by atomic mass is 35.6. The molecule has 1 aromatic rings. The Morgan fingerprint density at radius 3 is 2.27 bits per heavy atom. The minimum absolute atomic E-state index is 0.0195. The Morgan fingerprint density at radius 2 is 1.77 bits per heavy atom. The molecule has 122 valence electrons. The Kier molecular flexibility index (Phi) is 7.26. The SMILES string of the molecule is CC(C)C(C(=O)ONC(=O)OCC(Cl)(Cl)Cl)c1ccccc1. The third-order valence-electron chi connectivity index (χ3n) is 2.68. The summed E-state index contributed by atoms with van der Waals surface area (Å²) >= 11 is 16.3. The van der Waals surface area contributed by atoms with Crippen molar-refractivity contribution in [3.8, 4) is 0 Å². The van der Waals surface area contributed by atoms with E-state index in [4.69, 9.17) is 39.6 Å². The molecule has 0 spiro atoms. The molecule has 0 aromatic heterocycles. The maximum absolute atomic E-state index is 12.1. The molecule has 1 atom stereocenters. The number of hydrogen-bond donors (Lipinski definition) is 1. The second kappa shape index (κ2) is 8.46. The van der Waals surface area contributed by atoms with Gasteiger partial charge in [-0.05, 0) is 11.5 Å². The van der Waals surface area contributed by atoms with E-state index in [9.17, 15) is 9.59 Å². The number of benzene rings is 1. The summed E-state index contributed by atoms with van der Waals surface area (Å²) in [6.07, 6.45) is -1.02. The van der Waals surface area contributed by atoms with Crippen LogP contribution in [0.15, 0.2) is 30.3 Å². The highest BCUT2D eigenvalue weighted by molar-refractivity contribution is 6.67. The van der Waals surface area contributed by atoms with Crippen molar-refractivity contribution in [2.75, 3.05) is 6.61 Å². The van der Waals surface area contributed by atoms with Crippen molar-refractivity contribution in [3.63, 3.8) is 0 Å². The van der Waals surface area contributed by atoms with E-state index in [1.165, 1.54) is 0 Å². The molecular weight excluding hydrogens is 353 g/mol. The molecule has 0 aliphatic rings. The van der Waals surface area contributed by atoms with Crippen LogP contribution in [0.1, 0.15) is 25.3 Å². The molecule has 1 aromatic carbocycles. The van der Waals surface area contributed by atoms with Crippen molar-refractivity contribution in [1.82, 2.24) is 5.48 Å². The minimum atomic E-state index is -1.73. The number of hydrogen-bond acceptors (Lipinski definition) is 4. The summed E-state index contributed by atoms with van der Waals surface area (Å²) in [6.45, 7) is 3.29. The van der Waals surface area contributed by atoms with E-state index in [1.54, 1.807) is 0 Å². The fourth-order valence-corrected chi connectivity index (χ4v) is 1.95. The second-order valence-corrected chi connectivity index (χ2v) is 7.36. The Morgan fingerprint density at radius 1 is 1.18 bits per heavy atom. The lowest BCUT2D eigenvalue weighted by atomic mass is 9.89. The predicted molar refractivity (Wildman–Crippen MR) is 84.9 cm³/mol. The summed E-state index contributed by atoms with van der Waals surface area (Å²) in [4.78, 5) is 28.2. The van der Waals surface area contributed by atoms with E-state index >= 15 is 0 Å². The van der Waals surface area contributed by atoms with Gasteiger partial charge in [0.1, 0.15) is 6.61 Å². The molecule has 0 radical (unpaired) electrons. The lowest BCUT2D eigenvalue weighted by Crippen LogP contribution is -2.33. The largest absolute Gasteiger partial charge is 0.443 e. The van der Waals surface area contributed by atoms with Crippen LogP contribution in [-0.2, 0) is 14.4 Å². The van der Waals surface area contributed by atoms with Crippen molar-refractivity contribution in [3.05, 3.63) is 35.9 Å². The molecule has 1 unspecified atom stereocenters. The van der Waals surface area contributed by atoms with Gasteiger partial charge in [0.15, 0.2) is 0 Å². The zero-order chi connectivity index (χ0) is 16.8. The van der Waals surface area contributed by atoms with E-state index in [1.807, 2.05) is 49.7 Å². The molecule has 5 nitrogen and oxygen atoms in total. The van der Waals surface area contributed by atoms with Crippen molar-refractivity contribution in [1.29, 1.82) is 0 Å². The first-order valence-corrected chi connectivity index (χ1v) is 7.59. The number of alkyl halides is 3. The molecule has 0 saturated carbocycles. The third-order valence-corrected chi connectivity index (χ3v) is 3.01. The number of nitrogens with one attached hydrogen (secondary N) is 1. The molecule has 0 fully saturated rings. The number of carbonyl (C=O) groups is 2. The fourth-order valence-electron chi connectivity index (χ4n) is 1.79. The average molecular weight is 369 g/mol. The quantitative estimate of drug-likeness (QED) is 0.645. The van der Waals surface area contributed by atoms with Crippen LogP contribution in [0.3, 0.4) is 0 Å². The first-order valence-electron chi connectivity index (χ1n) is 6.46. The summed E-state index contributed by atoms with van der Waals surface area (Å²) in [5.41, 5.74) is 2.66. The van der Waals surface area contributed by atoms with Crippen molar-refractivity contribution < 1.29 is 19.2 Å². The summed E-state index contributed by atoms with van der Waals surface area (Å²) in [5.74, 6) is -1.14. The molecule has 0 bridgehead atoms. The topological polar surface area (TPSA) is 64.6 Å². The van der Waals surface area contributed by atoms with Gasteiger partial charge in [-0.15, -0.1) is 5.48 Å². The standard InChI is InChI=1S/C14H16Cl3NO4/c1-9(2)11(10-6-4-3-5-7-10)12(19)22-18-13(20)21-8-14(15,16)17/h3-7,9,11H,8H2,1-2H3,(H,18,20). The lowest BCUT2D eigenvalue weighted by Gasteiger charge is -2.19. The third kappa shape index (κ3) is 6.73. The smallest absolute Gasteiger partial charge is 0.440 e. The van der Waals surface area contributed by atoms with Gasteiger partial charge < -0.3 is 9.57 Å². The Labute approximate surface area is 143 Å². The highest BCUT2D eigenvalue weighted by Crippen LogP contribution is 2.26. The first-order chi connectivity index (χ1) is 10.2. The van der Waals surface area contributed by atoms with Gasteiger partial charge in [-0.2, -0.15) is 0 Å². The van der Waals surface area contributed by atoms with E-state index in [0.717, 1.165) is 5.56 Å². The van der Waals surface area contributed by atoms with Gasteiger partial charge in [-0.1, -0.05) is 79.0 Å². The predicted octanol–water partition coefficient (Wildman–Crippen LogP) is 3.98. The van der Waals surface area contributed by atoms with Crippen molar-refractivity contribution in [2.45, 2.75) is 23.6 Å². The normalized spacial score (nSPS) is 12.6. The summed E-state index contributed by atoms with van der Waals surface area (Å²) in [5, 5.41) is 0. The van der Waals surface area contributed by atoms with Gasteiger partial charge >= 0.3 is 12.1 Å². The van der Waals surface area contributed by atoms with E-state index in [0.29, 0.717) is 0 Å². The maximum Gasteiger partial charge on any atom is 0.440 e. The average Bonchev–Trinajstić information content (AvgIpc) is 2.43. The van der Waals surface area contributed by atoms with Crippen molar-refractivity contribution in [2.24, 2.45) is 5.92 Å². The zero-order valence-corrected chi connectivity index (χ0v) is 14.3. The molecule has 8 heteroatoms. The Balaban J connectivity index is 2.57. The van der Waals surface area contributed by atoms with E-state index in [2.05, 4.69) is 4.74 Å². The van der Waals surface area contributed by atoms with Gasteiger partial charge in [0.05, 0.1) is 5.92 Å². The Hall–Kier alpha value is -1.17. The summed E-state index contributed by atoms with van der Waals surface area (Å²) < 4.78 is 2.85. The second-order valence-electron chi connectivity index (χ2n) is 4.85. The molecule has 1 amide bonds. The van der Waals surface area contributed by atoms with Crippen LogP contribution in [0.2, 0.25) is 0 Å². The number of ether oxygens (including phenoxy) is 1. The van der Waals surface area contributed by atoms with Crippen LogP contribution in [-0.4, -0.2) is 22.5 Å². The summed E-state index contributed by atoms with van der Waals surface area (Å²) in [6, 6.07) is 9.11. The van der Waals surface area contributed by atoms with Crippen LogP contribution in [0.4, 0.5) is 4.79 Å². The van der Waals surface area contributed by atoms with Gasteiger partial charge in [0, 0.05) is 0 Å². The van der Waals surface area contributed by atoms with Crippen molar-refractivity contribution >= 4 is 46.9 Å². The van der Waals surface area contributed by atoms with Gasteiger partial charge in [0.2, 0.25) is 3.79 Å². The number of hydroxylamine groups is 1. The number of halogens is 3. The van der Waals surface area contributed by atoms with Crippen LogP contribution >= 0.6 is 34.8 Å². The number of rotatable bonds is 4. The van der Waals surface area contributed by atoms with Gasteiger partial charge in [-0.3, -0.25) is 0 Å². The van der Waals surface area contributed by atoms with Crippen LogP contribution in [0.5, 0.6) is 0 Å². The lowest BCUT2D eigenvalue weighted by molar-refractivity contribution is -0.152. The molecule has 0 aliphatic carbocycles. The van der Waals surface area contributed by atoms with Crippen LogP contribution in [0, 0.1) is 5.92 Å². The molecule has 1 N–H and O–H groups in total. The molecule has 0 saturated heterocycles. The first kappa shape index (κ1) is 18.9. The maximum atomic E-state index is 12.1. The Bertz CT molecular complexity index is 503. The summed E-state index contributed by atoms with van der Waals surface area (Å²) in [7, 11) is 0. The van der Waals surface area contributed by atoms with Gasteiger partial charge in [0.25, 0.3) is 0 Å². The highest BCUT2D eigenvalue weighted by Gasteiger charge is 2.27. The van der Waals surface area contributed by atoms with Gasteiger partial charge in [-0.25, -0.2) is 9.59 Å². The molecular formula is C14H16Cl3NO4. The molecule has 1 rings (SSSR count). The minimum Gasteiger partial charge on any atom is -0.443 e. The number of carbonyl (C=O) groups excluding carboxylic acids is 2. The van der Waals surface area contributed by atoms with Crippen LogP contribution in [0.25, 0.3) is 0 Å². The van der Waals surface area contributed by atoms with E-state index < -0.39 is 28.4 Å². The molecule has 0 heterocycles.